The molecule has 0 unspecified atom stereocenters. The van der Waals surface area contributed by atoms with Crippen molar-refractivity contribution in [3.05, 3.63) is 35.0 Å². The molecule has 0 radical (unpaired) electrons. The molecule has 142 valence electrons. The largest absolute Gasteiger partial charge is 0.493 e. The Labute approximate surface area is 159 Å². The van der Waals surface area contributed by atoms with Crippen molar-refractivity contribution in [3.8, 4) is 11.5 Å². The number of hydrogen-bond donors (Lipinski definition) is 2. The average Bonchev–Trinajstić information content (AvgIpc) is 2.60. The topological polar surface area (TPSA) is 68.8 Å². The Morgan fingerprint density at radius 3 is 2.62 bits per heavy atom. The number of benzene rings is 1. The fraction of sp³-hybridized carbons (Fsp3) is 0.474. The van der Waals surface area contributed by atoms with Gasteiger partial charge in [0.2, 0.25) is 0 Å². The molecule has 26 heavy (non-hydrogen) atoms. The van der Waals surface area contributed by atoms with Gasteiger partial charge >= 0.3 is 5.97 Å². The zero-order valence-corrected chi connectivity index (χ0v) is 16.7. The first-order valence-electron chi connectivity index (χ1n) is 8.54. The summed E-state index contributed by atoms with van der Waals surface area (Å²) < 4.78 is 16.2. The van der Waals surface area contributed by atoms with E-state index >= 15 is 0 Å². The van der Waals surface area contributed by atoms with Gasteiger partial charge in [-0.1, -0.05) is 19.9 Å². The van der Waals surface area contributed by atoms with E-state index in [1.165, 1.54) is 7.11 Å². The van der Waals surface area contributed by atoms with Crippen LogP contribution >= 0.6 is 12.2 Å². The molecular weight excluding hydrogens is 352 g/mol. The highest BCUT2D eigenvalue weighted by Gasteiger charge is 2.31. The minimum Gasteiger partial charge on any atom is -0.493 e. The van der Waals surface area contributed by atoms with Gasteiger partial charge in [-0.05, 0) is 49.2 Å². The Kier molecular flexibility index (Phi) is 6.85. The van der Waals surface area contributed by atoms with Gasteiger partial charge in [0.25, 0.3) is 0 Å². The summed E-state index contributed by atoms with van der Waals surface area (Å²) in [5.41, 5.74) is 1.99. The minimum atomic E-state index is -0.421. The molecule has 1 aromatic carbocycles. The van der Waals surface area contributed by atoms with Crippen LogP contribution in [0.1, 0.15) is 38.8 Å². The second kappa shape index (κ2) is 8.89. The van der Waals surface area contributed by atoms with Crippen LogP contribution in [0.5, 0.6) is 11.5 Å². The van der Waals surface area contributed by atoms with Gasteiger partial charge in [-0.3, -0.25) is 0 Å². The summed E-state index contributed by atoms with van der Waals surface area (Å²) in [4.78, 5) is 12.2. The molecule has 2 rings (SSSR count). The smallest absolute Gasteiger partial charge is 0.337 e. The average molecular weight is 378 g/mol. The monoisotopic (exact) mass is 378 g/mol. The van der Waals surface area contributed by atoms with Crippen LogP contribution in [0.4, 0.5) is 0 Å². The Morgan fingerprint density at radius 1 is 1.27 bits per heavy atom. The van der Waals surface area contributed by atoms with Crippen molar-refractivity contribution in [2.45, 2.75) is 33.2 Å². The van der Waals surface area contributed by atoms with Crippen LogP contribution in [0.15, 0.2) is 29.5 Å². The van der Waals surface area contributed by atoms with Crippen molar-refractivity contribution in [3.63, 3.8) is 0 Å². The molecule has 2 N–H and O–H groups in total. The summed E-state index contributed by atoms with van der Waals surface area (Å²) in [5.74, 6) is 1.44. The molecule has 0 aromatic heterocycles. The first kappa shape index (κ1) is 20.0. The van der Waals surface area contributed by atoms with Crippen molar-refractivity contribution in [1.82, 2.24) is 10.6 Å². The van der Waals surface area contributed by atoms with Crippen LogP contribution in [-0.2, 0) is 9.53 Å². The van der Waals surface area contributed by atoms with E-state index in [4.69, 9.17) is 26.4 Å². The quantitative estimate of drug-likeness (QED) is 0.558. The summed E-state index contributed by atoms with van der Waals surface area (Å²) in [6.07, 6.45) is 0.962. The maximum absolute atomic E-state index is 12.2. The SMILES string of the molecule is COC(=O)C1=C(C)NC(=S)N[C@@H]1c1ccc(OCCC(C)C)c(OC)c1. The molecule has 1 aliphatic heterocycles. The van der Waals surface area contributed by atoms with Crippen LogP contribution in [0.3, 0.4) is 0 Å². The highest BCUT2D eigenvalue weighted by atomic mass is 32.1. The van der Waals surface area contributed by atoms with Gasteiger partial charge in [-0.15, -0.1) is 0 Å². The third-order valence-corrected chi connectivity index (χ3v) is 4.37. The molecule has 1 aromatic rings. The number of carbonyl (C=O) groups excluding carboxylic acids is 1. The summed E-state index contributed by atoms with van der Waals surface area (Å²) in [6.45, 7) is 6.72. The molecule has 1 aliphatic rings. The Balaban J connectivity index is 2.33. The van der Waals surface area contributed by atoms with Crippen molar-refractivity contribution in [2.24, 2.45) is 5.92 Å². The Bertz CT molecular complexity index is 715. The summed E-state index contributed by atoms with van der Waals surface area (Å²) in [7, 11) is 2.95. The third kappa shape index (κ3) is 4.66. The summed E-state index contributed by atoms with van der Waals surface area (Å²) in [5, 5.41) is 6.54. The number of nitrogens with one attached hydrogen (secondary N) is 2. The molecule has 0 bridgehead atoms. The van der Waals surface area contributed by atoms with Crippen molar-refractivity contribution in [2.75, 3.05) is 20.8 Å². The van der Waals surface area contributed by atoms with Crippen LogP contribution in [0.25, 0.3) is 0 Å². The number of thiocarbonyl (C=S) groups is 1. The molecule has 1 heterocycles. The number of ether oxygens (including phenoxy) is 3. The van der Waals surface area contributed by atoms with Crippen LogP contribution in [0.2, 0.25) is 0 Å². The lowest BCUT2D eigenvalue weighted by atomic mass is 9.95. The van der Waals surface area contributed by atoms with Gasteiger partial charge < -0.3 is 24.8 Å². The molecule has 0 fully saturated rings. The summed E-state index contributed by atoms with van der Waals surface area (Å²) >= 11 is 5.24. The molecule has 0 saturated heterocycles. The van der Waals surface area contributed by atoms with Crippen LogP contribution in [-0.4, -0.2) is 31.9 Å². The Hall–Kier alpha value is -2.28. The number of hydrogen-bond acceptors (Lipinski definition) is 5. The first-order valence-corrected chi connectivity index (χ1v) is 8.95. The normalized spacial score (nSPS) is 16.8. The number of carbonyl (C=O) groups is 1. The van der Waals surface area contributed by atoms with Crippen molar-refractivity contribution < 1.29 is 19.0 Å². The zero-order chi connectivity index (χ0) is 19.3. The van der Waals surface area contributed by atoms with Crippen molar-refractivity contribution >= 4 is 23.3 Å². The second-order valence-corrected chi connectivity index (χ2v) is 6.91. The van der Waals surface area contributed by atoms with Gasteiger partial charge in [0.15, 0.2) is 16.6 Å². The molecule has 0 aliphatic carbocycles. The van der Waals surface area contributed by atoms with E-state index in [1.54, 1.807) is 14.0 Å². The Morgan fingerprint density at radius 2 is 2.00 bits per heavy atom. The van der Waals surface area contributed by atoms with Gasteiger partial charge in [0, 0.05) is 5.70 Å². The third-order valence-electron chi connectivity index (χ3n) is 4.15. The number of rotatable bonds is 7. The van der Waals surface area contributed by atoms with Crippen LogP contribution in [0, 0.1) is 5.92 Å². The van der Waals surface area contributed by atoms with Crippen LogP contribution < -0.4 is 20.1 Å². The lowest BCUT2D eigenvalue weighted by Crippen LogP contribution is -2.45. The maximum atomic E-state index is 12.2. The number of methoxy groups -OCH3 is 2. The fourth-order valence-electron chi connectivity index (χ4n) is 2.71. The van der Waals surface area contributed by atoms with Gasteiger partial charge in [-0.2, -0.15) is 0 Å². The van der Waals surface area contributed by atoms with E-state index in [2.05, 4.69) is 24.5 Å². The molecule has 1 atom stereocenters. The molecule has 0 saturated carbocycles. The minimum absolute atomic E-state index is 0.411. The molecular formula is C19H26N2O4S. The maximum Gasteiger partial charge on any atom is 0.337 e. The van der Waals surface area contributed by atoms with E-state index in [0.29, 0.717) is 40.4 Å². The molecule has 0 amide bonds. The number of allylic oxidation sites excluding steroid dienone is 1. The van der Waals surface area contributed by atoms with E-state index in [1.807, 2.05) is 18.2 Å². The molecule has 7 heteroatoms. The molecule has 0 spiro atoms. The second-order valence-electron chi connectivity index (χ2n) is 6.50. The highest BCUT2D eigenvalue weighted by molar-refractivity contribution is 7.80. The summed E-state index contributed by atoms with van der Waals surface area (Å²) in [6, 6.07) is 5.18. The van der Waals surface area contributed by atoms with Gasteiger partial charge in [0.1, 0.15) is 0 Å². The highest BCUT2D eigenvalue weighted by Crippen LogP contribution is 2.34. The van der Waals surface area contributed by atoms with E-state index in [0.717, 1.165) is 12.0 Å². The lowest BCUT2D eigenvalue weighted by Gasteiger charge is -2.30. The standard InChI is InChI=1S/C19H26N2O4S/c1-11(2)8-9-25-14-7-6-13(10-15(14)23-4)17-16(18(22)24-5)12(3)20-19(26)21-17/h6-7,10-11,17H,8-9H2,1-5H3,(H2,20,21,26)/t17-/m1/s1. The van der Waals surface area contributed by atoms with Gasteiger partial charge in [-0.25, -0.2) is 4.79 Å². The zero-order valence-electron chi connectivity index (χ0n) is 15.8. The predicted octanol–water partition coefficient (Wildman–Crippen LogP) is 3.09. The van der Waals surface area contributed by atoms with E-state index < -0.39 is 12.0 Å². The van der Waals surface area contributed by atoms with E-state index in [-0.39, 0.29) is 0 Å². The van der Waals surface area contributed by atoms with Crippen molar-refractivity contribution in [1.29, 1.82) is 0 Å². The van der Waals surface area contributed by atoms with E-state index in [9.17, 15) is 4.79 Å². The first-order chi connectivity index (χ1) is 12.4. The predicted molar refractivity (Wildman–Crippen MR) is 104 cm³/mol. The fourth-order valence-corrected chi connectivity index (χ4v) is 2.98. The lowest BCUT2D eigenvalue weighted by molar-refractivity contribution is -0.136. The molecule has 6 nitrogen and oxygen atoms in total. The number of esters is 1. The van der Waals surface area contributed by atoms with Gasteiger partial charge in [0.05, 0.1) is 32.4 Å².